The summed E-state index contributed by atoms with van der Waals surface area (Å²) in [6.45, 7) is 10.1. The van der Waals surface area contributed by atoms with Gasteiger partial charge in [-0.3, -0.25) is 19.9 Å². The van der Waals surface area contributed by atoms with Gasteiger partial charge in [0.25, 0.3) is 0 Å². The Bertz CT molecular complexity index is 1020. The molecule has 0 aliphatic heterocycles. The Hall–Kier alpha value is -3.87. The number of ether oxygens (including phenoxy) is 2. The third-order valence-corrected chi connectivity index (χ3v) is 4.26. The molecule has 0 amide bonds. The van der Waals surface area contributed by atoms with E-state index in [-0.39, 0.29) is 5.82 Å². The van der Waals surface area contributed by atoms with Gasteiger partial charge in [0.15, 0.2) is 0 Å². The molecule has 0 saturated carbocycles. The molecule has 0 radical (unpaired) electrons. The van der Waals surface area contributed by atoms with E-state index in [9.17, 15) is 4.39 Å². The number of halogens is 1. The molecule has 6 nitrogen and oxygen atoms in total. The van der Waals surface area contributed by atoms with Gasteiger partial charge < -0.3 is 9.47 Å². The molecular weight excluding hydrogens is 455 g/mol. The summed E-state index contributed by atoms with van der Waals surface area (Å²) in [4.78, 5) is 15.4. The first-order chi connectivity index (χ1) is 17.5. The predicted octanol–water partition coefficient (Wildman–Crippen LogP) is 6.94. The molecule has 4 heterocycles. The zero-order valence-corrected chi connectivity index (χ0v) is 22.5. The highest BCUT2D eigenvalue weighted by Gasteiger charge is 1.92. The number of nitrogens with zero attached hydrogens (tertiary/aromatic N) is 4. The molecule has 0 atom stereocenters. The summed E-state index contributed by atoms with van der Waals surface area (Å²) in [5.41, 5.74) is 3.36. The largest absolute Gasteiger partial charge is 0.495 e. The fourth-order valence-electron chi connectivity index (χ4n) is 2.33. The number of aromatic nitrogens is 4. The maximum atomic E-state index is 12.3. The van der Waals surface area contributed by atoms with Gasteiger partial charge in [-0.2, -0.15) is 0 Å². The van der Waals surface area contributed by atoms with E-state index in [1.807, 2.05) is 70.4 Å². The van der Waals surface area contributed by atoms with Gasteiger partial charge in [-0.1, -0.05) is 33.8 Å². The standard InChI is InChI=1S/C8H11NO.C7H8FN.C6H7NO.C6H7N.C2H6/c1-3-7-4-8(10-2)6-9-5-7;1-2-6-3-7(8)5-9-4-6;1-8-6-3-2-4-7-5-6;1-6-3-2-4-7-5-6;1-2/h4-6H,3H2,1-2H3;3-5H,2H2,1H3;2-5H,1H3;2-5H,1H3;1-2H3. The van der Waals surface area contributed by atoms with Crippen LogP contribution in [0.25, 0.3) is 0 Å². The number of methoxy groups -OCH3 is 2. The first-order valence-corrected chi connectivity index (χ1v) is 11.9. The van der Waals surface area contributed by atoms with Crippen molar-refractivity contribution in [3.63, 3.8) is 0 Å². The van der Waals surface area contributed by atoms with Gasteiger partial charge in [0.2, 0.25) is 0 Å². The number of hydrogen-bond donors (Lipinski definition) is 0. The van der Waals surface area contributed by atoms with Gasteiger partial charge in [-0.05, 0) is 66.8 Å². The zero-order valence-electron chi connectivity index (χ0n) is 22.5. The van der Waals surface area contributed by atoms with Gasteiger partial charge >= 0.3 is 0 Å². The van der Waals surface area contributed by atoms with Gasteiger partial charge in [0, 0.05) is 31.0 Å². The predicted molar refractivity (Wildman–Crippen MR) is 145 cm³/mol. The average Bonchev–Trinajstić information content (AvgIpc) is 2.96. The Labute approximate surface area is 215 Å². The molecule has 194 valence electrons. The van der Waals surface area contributed by atoms with Crippen LogP contribution in [0.5, 0.6) is 11.5 Å². The Morgan fingerprint density at radius 1 is 0.667 bits per heavy atom. The maximum Gasteiger partial charge on any atom is 0.141 e. The van der Waals surface area contributed by atoms with Crippen molar-refractivity contribution in [2.24, 2.45) is 0 Å². The number of aryl methyl sites for hydroxylation is 3. The average molecular weight is 495 g/mol. The summed E-state index contributed by atoms with van der Waals surface area (Å²) in [6.07, 6.45) is 15.3. The second-order valence-corrected chi connectivity index (χ2v) is 6.87. The first kappa shape index (κ1) is 32.1. The fraction of sp³-hybridized carbons (Fsp3) is 0.310. The van der Waals surface area contributed by atoms with Crippen LogP contribution in [0.1, 0.15) is 44.4 Å². The lowest BCUT2D eigenvalue weighted by molar-refractivity contribution is 0.412. The molecule has 4 aromatic heterocycles. The molecule has 0 saturated heterocycles. The van der Waals surface area contributed by atoms with Crippen LogP contribution in [0.4, 0.5) is 4.39 Å². The van der Waals surface area contributed by atoms with Crippen molar-refractivity contribution in [3.8, 4) is 11.5 Å². The highest BCUT2D eigenvalue weighted by molar-refractivity contribution is 5.23. The van der Waals surface area contributed by atoms with Crippen LogP contribution in [-0.2, 0) is 12.8 Å². The molecule has 0 aromatic carbocycles. The van der Waals surface area contributed by atoms with Crippen molar-refractivity contribution in [1.82, 2.24) is 19.9 Å². The molecule has 4 rings (SSSR count). The molecule has 0 N–H and O–H groups in total. The molecule has 0 spiro atoms. The Morgan fingerprint density at radius 2 is 1.19 bits per heavy atom. The number of hydrogen-bond acceptors (Lipinski definition) is 6. The minimum absolute atomic E-state index is 0.255. The van der Waals surface area contributed by atoms with Crippen LogP contribution in [0, 0.1) is 12.7 Å². The molecule has 0 aliphatic carbocycles. The SMILES string of the molecule is CC.CCc1cncc(F)c1.CCc1cncc(OC)c1.COc1cccnc1.Cc1cccnc1. The van der Waals surface area contributed by atoms with Crippen LogP contribution < -0.4 is 9.47 Å². The fourth-order valence-corrected chi connectivity index (χ4v) is 2.33. The smallest absolute Gasteiger partial charge is 0.141 e. The molecule has 0 unspecified atom stereocenters. The number of pyridine rings is 4. The van der Waals surface area contributed by atoms with Crippen LogP contribution in [-0.4, -0.2) is 34.2 Å². The first-order valence-electron chi connectivity index (χ1n) is 11.9. The summed E-state index contributed by atoms with van der Waals surface area (Å²) < 4.78 is 22.1. The summed E-state index contributed by atoms with van der Waals surface area (Å²) in [6, 6.07) is 11.1. The highest BCUT2D eigenvalue weighted by atomic mass is 19.1. The van der Waals surface area contributed by atoms with Gasteiger partial charge in [-0.25, -0.2) is 4.39 Å². The van der Waals surface area contributed by atoms with Gasteiger partial charge in [0.05, 0.1) is 32.8 Å². The van der Waals surface area contributed by atoms with E-state index < -0.39 is 0 Å². The third-order valence-electron chi connectivity index (χ3n) is 4.26. The van der Waals surface area contributed by atoms with Crippen molar-refractivity contribution >= 4 is 0 Å². The second kappa shape index (κ2) is 21.6. The monoisotopic (exact) mass is 494 g/mol. The van der Waals surface area contributed by atoms with E-state index in [1.165, 1.54) is 23.4 Å². The Morgan fingerprint density at radius 3 is 1.56 bits per heavy atom. The maximum absolute atomic E-state index is 12.3. The molecule has 4 aromatic rings. The van der Waals surface area contributed by atoms with Gasteiger partial charge in [-0.15, -0.1) is 0 Å². The summed E-state index contributed by atoms with van der Waals surface area (Å²) >= 11 is 0. The molecule has 0 fully saturated rings. The van der Waals surface area contributed by atoms with E-state index in [0.717, 1.165) is 29.9 Å². The van der Waals surface area contributed by atoms with Crippen LogP contribution in [0.2, 0.25) is 0 Å². The Balaban J connectivity index is 0.000000446. The minimum Gasteiger partial charge on any atom is -0.495 e. The molecule has 36 heavy (non-hydrogen) atoms. The van der Waals surface area contributed by atoms with E-state index in [1.54, 1.807) is 45.2 Å². The topological polar surface area (TPSA) is 70.0 Å². The normalized spacial score (nSPS) is 8.78. The van der Waals surface area contributed by atoms with Gasteiger partial charge in [0.1, 0.15) is 17.3 Å². The van der Waals surface area contributed by atoms with Crippen LogP contribution >= 0.6 is 0 Å². The molecule has 7 heteroatoms. The quantitative estimate of drug-likeness (QED) is 0.306. The van der Waals surface area contributed by atoms with Crippen molar-refractivity contribution in [2.45, 2.75) is 47.5 Å². The van der Waals surface area contributed by atoms with Crippen molar-refractivity contribution in [3.05, 3.63) is 108 Å². The minimum atomic E-state index is -0.255. The highest BCUT2D eigenvalue weighted by Crippen LogP contribution is 2.09. The molecule has 0 aliphatic rings. The molecular formula is C29H39FN4O2. The number of rotatable bonds is 4. The zero-order chi connectivity index (χ0) is 27.0. The summed E-state index contributed by atoms with van der Waals surface area (Å²) in [5, 5.41) is 0. The Kier molecular flexibility index (Phi) is 19.3. The molecule has 0 bridgehead atoms. The lowest BCUT2D eigenvalue weighted by Gasteiger charge is -1.99. The van der Waals surface area contributed by atoms with E-state index in [4.69, 9.17) is 9.47 Å². The summed E-state index contributed by atoms with van der Waals surface area (Å²) in [5.74, 6) is 1.38. The van der Waals surface area contributed by atoms with Crippen molar-refractivity contribution < 1.29 is 13.9 Å². The second-order valence-electron chi connectivity index (χ2n) is 6.87. The lowest BCUT2D eigenvalue weighted by Crippen LogP contribution is -1.86. The van der Waals surface area contributed by atoms with E-state index >= 15 is 0 Å². The lowest BCUT2D eigenvalue weighted by atomic mass is 10.2. The van der Waals surface area contributed by atoms with E-state index in [2.05, 4.69) is 26.9 Å². The van der Waals surface area contributed by atoms with Crippen LogP contribution in [0.15, 0.2) is 86.0 Å². The van der Waals surface area contributed by atoms with Crippen molar-refractivity contribution in [2.75, 3.05) is 14.2 Å². The summed E-state index contributed by atoms with van der Waals surface area (Å²) in [7, 11) is 3.27. The van der Waals surface area contributed by atoms with Crippen LogP contribution in [0.3, 0.4) is 0 Å². The third kappa shape index (κ3) is 15.9. The van der Waals surface area contributed by atoms with Crippen molar-refractivity contribution in [1.29, 1.82) is 0 Å². The van der Waals surface area contributed by atoms with E-state index in [0.29, 0.717) is 0 Å².